The van der Waals surface area contributed by atoms with Gasteiger partial charge in [-0.2, -0.15) is 0 Å². The van der Waals surface area contributed by atoms with E-state index >= 15 is 0 Å². The van der Waals surface area contributed by atoms with E-state index < -0.39 is 0 Å². The van der Waals surface area contributed by atoms with Crippen molar-refractivity contribution in [2.75, 3.05) is 0 Å². The maximum atomic E-state index is 11.8. The highest BCUT2D eigenvalue weighted by molar-refractivity contribution is 6.29. The first-order chi connectivity index (χ1) is 8.13. The molecule has 0 radical (unpaired) electrons. The molecule has 0 aliphatic heterocycles. The number of pyridine rings is 1. The highest BCUT2D eigenvalue weighted by atomic mass is 35.5. The largest absolute Gasteiger partial charge is 0.350 e. The molecule has 0 aromatic carbocycles. The summed E-state index contributed by atoms with van der Waals surface area (Å²) in [5.74, 6) is -0.0849. The lowest BCUT2D eigenvalue weighted by atomic mass is 10.1. The highest BCUT2D eigenvalue weighted by Crippen LogP contribution is 2.08. The molecule has 1 aromatic heterocycles. The summed E-state index contributed by atoms with van der Waals surface area (Å²) in [4.78, 5) is 15.7. The molecule has 0 spiro atoms. The first-order valence-electron chi connectivity index (χ1n) is 6.06. The van der Waals surface area contributed by atoms with Gasteiger partial charge in [-0.25, -0.2) is 4.98 Å². The van der Waals surface area contributed by atoms with Crippen molar-refractivity contribution in [1.29, 1.82) is 0 Å². The molecular formula is C13H19ClN2O. The van der Waals surface area contributed by atoms with Gasteiger partial charge in [0.05, 0.1) is 0 Å². The molecule has 1 amide bonds. The molecule has 1 N–H and O–H groups in total. The third-order valence-corrected chi connectivity index (χ3v) is 2.81. The van der Waals surface area contributed by atoms with Gasteiger partial charge in [0.1, 0.15) is 5.15 Å². The standard InChI is InChI=1S/C13H19ClN2O/c1-3-4-5-6-10(2)16-13(17)11-7-8-15-12(14)9-11/h7-10H,3-6H2,1-2H3,(H,16,17). The Morgan fingerprint density at radius 1 is 1.53 bits per heavy atom. The van der Waals surface area contributed by atoms with Gasteiger partial charge in [0.2, 0.25) is 0 Å². The van der Waals surface area contributed by atoms with Crippen LogP contribution in [0.3, 0.4) is 0 Å². The van der Waals surface area contributed by atoms with E-state index in [1.807, 2.05) is 6.92 Å². The zero-order chi connectivity index (χ0) is 12.7. The second-order valence-corrected chi connectivity index (χ2v) is 4.62. The van der Waals surface area contributed by atoms with Crippen molar-refractivity contribution >= 4 is 17.5 Å². The summed E-state index contributed by atoms with van der Waals surface area (Å²) in [5, 5.41) is 3.30. The smallest absolute Gasteiger partial charge is 0.251 e. The number of aromatic nitrogens is 1. The molecule has 0 bridgehead atoms. The van der Waals surface area contributed by atoms with Gasteiger partial charge in [0, 0.05) is 17.8 Å². The van der Waals surface area contributed by atoms with Crippen LogP contribution in [-0.4, -0.2) is 16.9 Å². The van der Waals surface area contributed by atoms with E-state index in [1.165, 1.54) is 12.8 Å². The van der Waals surface area contributed by atoms with Crippen molar-refractivity contribution in [2.24, 2.45) is 0 Å². The quantitative estimate of drug-likeness (QED) is 0.624. The number of rotatable bonds is 6. The number of carbonyl (C=O) groups excluding carboxylic acids is 1. The Bertz CT molecular complexity index is 368. The summed E-state index contributed by atoms with van der Waals surface area (Å²) < 4.78 is 0. The minimum atomic E-state index is -0.0849. The normalized spacial score (nSPS) is 12.2. The van der Waals surface area contributed by atoms with Crippen LogP contribution in [0.1, 0.15) is 49.9 Å². The van der Waals surface area contributed by atoms with Crippen LogP contribution in [0.25, 0.3) is 0 Å². The van der Waals surface area contributed by atoms with Gasteiger partial charge in [-0.05, 0) is 25.5 Å². The molecule has 0 saturated carbocycles. The van der Waals surface area contributed by atoms with E-state index in [9.17, 15) is 4.79 Å². The number of nitrogens with one attached hydrogen (secondary N) is 1. The Balaban J connectivity index is 2.43. The molecule has 1 unspecified atom stereocenters. The van der Waals surface area contributed by atoms with Crippen molar-refractivity contribution in [2.45, 2.75) is 45.6 Å². The Morgan fingerprint density at radius 3 is 2.94 bits per heavy atom. The van der Waals surface area contributed by atoms with Crippen molar-refractivity contribution in [3.63, 3.8) is 0 Å². The SMILES string of the molecule is CCCCCC(C)NC(=O)c1ccnc(Cl)c1. The molecule has 4 heteroatoms. The first kappa shape index (κ1) is 14.0. The summed E-state index contributed by atoms with van der Waals surface area (Å²) in [5.41, 5.74) is 0.562. The fraction of sp³-hybridized carbons (Fsp3) is 0.538. The lowest BCUT2D eigenvalue weighted by Crippen LogP contribution is -2.32. The van der Waals surface area contributed by atoms with Gasteiger partial charge in [-0.15, -0.1) is 0 Å². The lowest BCUT2D eigenvalue weighted by Gasteiger charge is -2.13. The van der Waals surface area contributed by atoms with Crippen molar-refractivity contribution < 1.29 is 4.79 Å². The van der Waals surface area contributed by atoms with Crippen LogP contribution in [0.15, 0.2) is 18.3 Å². The summed E-state index contributed by atoms with van der Waals surface area (Å²) >= 11 is 5.74. The van der Waals surface area contributed by atoms with Gasteiger partial charge in [-0.3, -0.25) is 4.79 Å². The zero-order valence-electron chi connectivity index (χ0n) is 10.4. The van der Waals surface area contributed by atoms with Gasteiger partial charge in [0.25, 0.3) is 5.91 Å². The van der Waals surface area contributed by atoms with E-state index in [-0.39, 0.29) is 11.9 Å². The van der Waals surface area contributed by atoms with E-state index in [1.54, 1.807) is 18.3 Å². The van der Waals surface area contributed by atoms with Crippen LogP contribution >= 0.6 is 11.6 Å². The predicted octanol–water partition coefficient (Wildman–Crippen LogP) is 3.43. The number of halogens is 1. The Hall–Kier alpha value is -1.09. The fourth-order valence-electron chi connectivity index (χ4n) is 1.62. The van der Waals surface area contributed by atoms with Crippen molar-refractivity contribution in [3.8, 4) is 0 Å². The molecule has 0 aliphatic carbocycles. The molecule has 0 fully saturated rings. The second kappa shape index (κ2) is 7.28. The monoisotopic (exact) mass is 254 g/mol. The van der Waals surface area contributed by atoms with Crippen LogP contribution < -0.4 is 5.32 Å². The van der Waals surface area contributed by atoms with Gasteiger partial charge in [0.15, 0.2) is 0 Å². The number of carbonyl (C=O) groups is 1. The number of amides is 1. The van der Waals surface area contributed by atoms with Crippen LogP contribution in [0.4, 0.5) is 0 Å². The fourth-order valence-corrected chi connectivity index (χ4v) is 1.80. The topological polar surface area (TPSA) is 42.0 Å². The number of hydrogen-bond donors (Lipinski definition) is 1. The minimum absolute atomic E-state index is 0.0849. The Kier molecular flexibility index (Phi) is 5.98. The molecule has 1 atom stereocenters. The first-order valence-corrected chi connectivity index (χ1v) is 6.43. The third kappa shape index (κ3) is 5.18. The molecule has 1 heterocycles. The number of unbranched alkanes of at least 4 members (excludes halogenated alkanes) is 2. The molecule has 0 aliphatic rings. The summed E-state index contributed by atoms with van der Waals surface area (Å²) in [6, 6.07) is 3.44. The summed E-state index contributed by atoms with van der Waals surface area (Å²) in [7, 11) is 0. The summed E-state index contributed by atoms with van der Waals surface area (Å²) in [6.07, 6.45) is 6.11. The van der Waals surface area contributed by atoms with Crippen LogP contribution in [0.2, 0.25) is 5.15 Å². The predicted molar refractivity (Wildman–Crippen MR) is 70.3 cm³/mol. The van der Waals surface area contributed by atoms with Crippen molar-refractivity contribution in [1.82, 2.24) is 10.3 Å². The number of nitrogens with zero attached hydrogens (tertiary/aromatic N) is 1. The lowest BCUT2D eigenvalue weighted by molar-refractivity contribution is 0.0938. The zero-order valence-corrected chi connectivity index (χ0v) is 11.1. The van der Waals surface area contributed by atoms with Crippen LogP contribution in [0.5, 0.6) is 0 Å². The van der Waals surface area contributed by atoms with Gasteiger partial charge < -0.3 is 5.32 Å². The van der Waals surface area contributed by atoms with Gasteiger partial charge in [-0.1, -0.05) is 37.8 Å². The molecular weight excluding hydrogens is 236 g/mol. The molecule has 3 nitrogen and oxygen atoms in total. The van der Waals surface area contributed by atoms with E-state index in [0.29, 0.717) is 10.7 Å². The molecule has 1 aromatic rings. The van der Waals surface area contributed by atoms with Crippen LogP contribution in [-0.2, 0) is 0 Å². The highest BCUT2D eigenvalue weighted by Gasteiger charge is 2.09. The summed E-state index contributed by atoms with van der Waals surface area (Å²) in [6.45, 7) is 4.19. The average molecular weight is 255 g/mol. The van der Waals surface area contributed by atoms with E-state index in [4.69, 9.17) is 11.6 Å². The molecule has 94 valence electrons. The number of hydrogen-bond acceptors (Lipinski definition) is 2. The van der Waals surface area contributed by atoms with Crippen LogP contribution in [0, 0.1) is 0 Å². The maximum Gasteiger partial charge on any atom is 0.251 e. The molecule has 1 rings (SSSR count). The van der Waals surface area contributed by atoms with E-state index in [0.717, 1.165) is 12.8 Å². The van der Waals surface area contributed by atoms with Gasteiger partial charge >= 0.3 is 0 Å². The minimum Gasteiger partial charge on any atom is -0.350 e. The molecule has 17 heavy (non-hydrogen) atoms. The maximum absolute atomic E-state index is 11.8. The molecule has 0 saturated heterocycles. The Labute approximate surface area is 108 Å². The third-order valence-electron chi connectivity index (χ3n) is 2.61. The second-order valence-electron chi connectivity index (χ2n) is 4.24. The Morgan fingerprint density at radius 2 is 2.29 bits per heavy atom. The average Bonchev–Trinajstić information content (AvgIpc) is 2.29. The van der Waals surface area contributed by atoms with Crippen molar-refractivity contribution in [3.05, 3.63) is 29.0 Å². The van der Waals surface area contributed by atoms with E-state index in [2.05, 4.69) is 17.2 Å².